The van der Waals surface area contributed by atoms with Crippen molar-refractivity contribution in [3.63, 3.8) is 0 Å². The number of ether oxygens (including phenoxy) is 3. The summed E-state index contributed by atoms with van der Waals surface area (Å²) in [6.45, 7) is 0. The van der Waals surface area contributed by atoms with Gasteiger partial charge in [0, 0.05) is 5.57 Å². The predicted octanol–water partition coefficient (Wildman–Crippen LogP) is 2.29. The molecule has 1 unspecified atom stereocenters. The smallest absolute Gasteiger partial charge is 0.354 e. The van der Waals surface area contributed by atoms with E-state index < -0.39 is 12.0 Å². The molecule has 1 aliphatic heterocycles. The van der Waals surface area contributed by atoms with E-state index >= 15 is 0 Å². The van der Waals surface area contributed by atoms with Crippen LogP contribution in [0.2, 0.25) is 0 Å². The van der Waals surface area contributed by atoms with Gasteiger partial charge < -0.3 is 19.5 Å². The number of aromatic nitrogens is 4. The molecule has 0 radical (unpaired) electrons. The second kappa shape index (κ2) is 7.63. The summed E-state index contributed by atoms with van der Waals surface area (Å²) in [5.74, 6) is 0.948. The van der Waals surface area contributed by atoms with Gasteiger partial charge in [-0.05, 0) is 33.7 Å². The molecule has 1 N–H and O–H groups in total. The maximum Gasteiger partial charge on any atom is 0.354 e. The zero-order chi connectivity index (χ0) is 20.4. The molecular formula is C20H19N5O4. The minimum absolute atomic E-state index is 0.260. The first-order valence-corrected chi connectivity index (χ1v) is 8.82. The molecule has 9 nitrogen and oxygen atoms in total. The molecule has 0 aliphatic carbocycles. The van der Waals surface area contributed by atoms with E-state index in [1.165, 1.54) is 7.11 Å². The molecular weight excluding hydrogens is 374 g/mol. The van der Waals surface area contributed by atoms with Crippen molar-refractivity contribution in [2.24, 2.45) is 0 Å². The van der Waals surface area contributed by atoms with Gasteiger partial charge in [0.25, 0.3) is 0 Å². The number of esters is 1. The van der Waals surface area contributed by atoms with E-state index in [4.69, 9.17) is 14.2 Å². The highest BCUT2D eigenvalue weighted by Crippen LogP contribution is 2.42. The van der Waals surface area contributed by atoms with Gasteiger partial charge in [0.1, 0.15) is 11.7 Å². The summed E-state index contributed by atoms with van der Waals surface area (Å²) in [5, 5.41) is 14.9. The molecule has 0 fully saturated rings. The van der Waals surface area contributed by atoms with Crippen LogP contribution in [0.1, 0.15) is 17.2 Å². The molecule has 1 aromatic heterocycles. The van der Waals surface area contributed by atoms with E-state index in [2.05, 4.69) is 20.8 Å². The van der Waals surface area contributed by atoms with Crippen LogP contribution >= 0.6 is 0 Å². The zero-order valence-corrected chi connectivity index (χ0v) is 16.1. The number of carbonyl (C=O) groups excluding carboxylic acids is 1. The molecule has 1 aliphatic rings. The molecule has 0 bridgehead atoms. The number of methoxy groups -OCH3 is 3. The maximum atomic E-state index is 12.7. The van der Waals surface area contributed by atoms with Gasteiger partial charge in [-0.25, -0.2) is 4.79 Å². The topological polar surface area (TPSA) is 100 Å². The molecule has 0 spiro atoms. The third-order valence-corrected chi connectivity index (χ3v) is 4.72. The average molecular weight is 393 g/mol. The number of nitrogens with one attached hydrogen (secondary N) is 1. The Morgan fingerprint density at radius 1 is 1.03 bits per heavy atom. The first-order chi connectivity index (χ1) is 14.2. The van der Waals surface area contributed by atoms with Crippen molar-refractivity contribution in [3.05, 3.63) is 65.4 Å². The Kier molecular flexibility index (Phi) is 4.86. The second-order valence-corrected chi connectivity index (χ2v) is 6.24. The highest BCUT2D eigenvalue weighted by Gasteiger charge is 2.35. The lowest BCUT2D eigenvalue weighted by Crippen LogP contribution is -2.29. The number of rotatable bonds is 5. The summed E-state index contributed by atoms with van der Waals surface area (Å²) in [5.41, 5.74) is 2.57. The highest BCUT2D eigenvalue weighted by molar-refractivity contribution is 6.02. The van der Waals surface area contributed by atoms with Crippen LogP contribution in [0.25, 0.3) is 5.57 Å². The number of benzene rings is 2. The number of allylic oxidation sites excluding steroid dienone is 1. The SMILES string of the molecule is COC(=O)C1=C(c2ccc(OC)c(OC)c2)C(c2ccccc2)n2nnnc2N1. The molecule has 9 heteroatoms. The predicted molar refractivity (Wildman–Crippen MR) is 105 cm³/mol. The Balaban J connectivity index is 1.99. The van der Waals surface area contributed by atoms with Gasteiger partial charge >= 0.3 is 5.97 Å². The van der Waals surface area contributed by atoms with Crippen LogP contribution in [0.3, 0.4) is 0 Å². The fraction of sp³-hybridized carbons (Fsp3) is 0.200. The van der Waals surface area contributed by atoms with Crippen molar-refractivity contribution in [3.8, 4) is 11.5 Å². The Morgan fingerprint density at radius 2 is 1.79 bits per heavy atom. The highest BCUT2D eigenvalue weighted by atomic mass is 16.5. The van der Waals surface area contributed by atoms with E-state index in [0.29, 0.717) is 23.0 Å². The second-order valence-electron chi connectivity index (χ2n) is 6.24. The molecule has 29 heavy (non-hydrogen) atoms. The first kappa shape index (κ1) is 18.5. The van der Waals surface area contributed by atoms with Gasteiger partial charge in [-0.2, -0.15) is 4.68 Å². The zero-order valence-electron chi connectivity index (χ0n) is 16.1. The average Bonchev–Trinajstić information content (AvgIpc) is 3.25. The van der Waals surface area contributed by atoms with Crippen molar-refractivity contribution in [1.29, 1.82) is 0 Å². The van der Waals surface area contributed by atoms with Crippen LogP contribution in [-0.4, -0.2) is 47.5 Å². The van der Waals surface area contributed by atoms with Gasteiger partial charge in [-0.15, -0.1) is 0 Å². The number of tetrazole rings is 1. The molecule has 2 heterocycles. The number of hydrogen-bond acceptors (Lipinski definition) is 8. The minimum atomic E-state index is -0.523. The lowest BCUT2D eigenvalue weighted by atomic mass is 9.89. The van der Waals surface area contributed by atoms with Gasteiger partial charge in [0.15, 0.2) is 11.5 Å². The number of fused-ring (bicyclic) bond motifs is 1. The first-order valence-electron chi connectivity index (χ1n) is 8.82. The quantitative estimate of drug-likeness (QED) is 0.659. The minimum Gasteiger partial charge on any atom is -0.493 e. The molecule has 148 valence electrons. The Labute approximate surface area is 166 Å². The fourth-order valence-electron chi connectivity index (χ4n) is 3.40. The van der Waals surface area contributed by atoms with Crippen LogP contribution in [0.5, 0.6) is 11.5 Å². The summed E-state index contributed by atoms with van der Waals surface area (Å²) in [6.07, 6.45) is 0. The molecule has 0 saturated carbocycles. The van der Waals surface area contributed by atoms with Crippen LogP contribution in [0.15, 0.2) is 54.2 Å². The van der Waals surface area contributed by atoms with Gasteiger partial charge in [0.2, 0.25) is 5.95 Å². The lowest BCUT2D eigenvalue weighted by Gasteiger charge is -2.29. The van der Waals surface area contributed by atoms with E-state index in [9.17, 15) is 4.79 Å². The van der Waals surface area contributed by atoms with Crippen LogP contribution < -0.4 is 14.8 Å². The van der Waals surface area contributed by atoms with Gasteiger partial charge in [-0.1, -0.05) is 41.5 Å². The summed E-state index contributed by atoms with van der Waals surface area (Å²) in [7, 11) is 4.46. The van der Waals surface area contributed by atoms with E-state index in [-0.39, 0.29) is 5.70 Å². The molecule has 0 amide bonds. The van der Waals surface area contributed by atoms with Crippen molar-refractivity contribution in [2.45, 2.75) is 6.04 Å². The van der Waals surface area contributed by atoms with E-state index in [1.807, 2.05) is 42.5 Å². The third kappa shape index (κ3) is 3.16. The molecule has 4 rings (SSSR count). The molecule has 2 aromatic carbocycles. The summed E-state index contributed by atoms with van der Waals surface area (Å²) in [6, 6.07) is 14.7. The van der Waals surface area contributed by atoms with Crippen molar-refractivity contribution in [1.82, 2.24) is 20.2 Å². The van der Waals surface area contributed by atoms with Crippen molar-refractivity contribution < 1.29 is 19.0 Å². The molecule has 0 saturated heterocycles. The molecule has 1 atom stereocenters. The monoisotopic (exact) mass is 393 g/mol. The van der Waals surface area contributed by atoms with Crippen LogP contribution in [-0.2, 0) is 9.53 Å². The number of hydrogen-bond donors (Lipinski definition) is 1. The van der Waals surface area contributed by atoms with Gasteiger partial charge in [-0.3, -0.25) is 0 Å². The Bertz CT molecular complexity index is 1080. The number of carbonyl (C=O) groups is 1. The third-order valence-electron chi connectivity index (χ3n) is 4.72. The van der Waals surface area contributed by atoms with Crippen LogP contribution in [0, 0.1) is 0 Å². The van der Waals surface area contributed by atoms with E-state index in [1.54, 1.807) is 25.0 Å². The number of anilines is 1. The largest absolute Gasteiger partial charge is 0.493 e. The van der Waals surface area contributed by atoms with Crippen molar-refractivity contribution >= 4 is 17.5 Å². The lowest BCUT2D eigenvalue weighted by molar-refractivity contribution is -0.135. The standard InChI is InChI=1S/C20H19N5O4/c1-27-14-10-9-13(11-15(14)28-2)16-17(19(26)29-3)21-20-22-23-24-25(20)18(16)12-7-5-4-6-8-12/h4-11,18H,1-3H3,(H,21,22,24). The van der Waals surface area contributed by atoms with Gasteiger partial charge in [0.05, 0.1) is 21.3 Å². The number of nitrogens with zero attached hydrogens (tertiary/aromatic N) is 4. The Hall–Kier alpha value is -3.88. The fourth-order valence-corrected chi connectivity index (χ4v) is 3.40. The Morgan fingerprint density at radius 3 is 2.48 bits per heavy atom. The normalized spacial score (nSPS) is 15.3. The molecule has 3 aromatic rings. The van der Waals surface area contributed by atoms with Crippen molar-refractivity contribution in [2.75, 3.05) is 26.6 Å². The summed E-state index contributed by atoms with van der Waals surface area (Å²) < 4.78 is 17.5. The summed E-state index contributed by atoms with van der Waals surface area (Å²) in [4.78, 5) is 12.7. The van der Waals surface area contributed by atoms with E-state index in [0.717, 1.165) is 11.1 Å². The van der Waals surface area contributed by atoms with Crippen LogP contribution in [0.4, 0.5) is 5.95 Å². The summed E-state index contributed by atoms with van der Waals surface area (Å²) >= 11 is 0. The maximum absolute atomic E-state index is 12.7.